The first-order chi connectivity index (χ1) is 8.80. The largest absolute Gasteiger partial charge is 0.404 e. The molecular formula is C16H24N2. The number of anilines is 1. The van der Waals surface area contributed by atoms with Gasteiger partial charge in [-0.15, -0.1) is 0 Å². The van der Waals surface area contributed by atoms with Crippen molar-refractivity contribution >= 4 is 11.8 Å². The first kappa shape index (κ1) is 16.0. The molecule has 0 fully saturated rings. The maximum Gasteiger partial charge on any atom is 0.0337 e. The van der Waals surface area contributed by atoms with E-state index < -0.39 is 0 Å². The molecule has 18 heavy (non-hydrogen) atoms. The summed E-state index contributed by atoms with van der Waals surface area (Å²) in [7, 11) is 1.91. The SMILES string of the molecule is CC.C\C=C/C(/C=C/c1ccc(NC)cc1)=C\N. The Balaban J connectivity index is 0.00000137. The Bertz CT molecular complexity index is 398. The minimum absolute atomic E-state index is 1.00. The van der Waals surface area contributed by atoms with Crippen molar-refractivity contribution < 1.29 is 0 Å². The third-order valence-electron chi connectivity index (χ3n) is 2.22. The average Bonchev–Trinajstić information content (AvgIpc) is 2.46. The molecule has 0 aliphatic rings. The van der Waals surface area contributed by atoms with Crippen molar-refractivity contribution in [2.45, 2.75) is 20.8 Å². The molecule has 0 heterocycles. The van der Waals surface area contributed by atoms with Crippen molar-refractivity contribution in [2.24, 2.45) is 5.73 Å². The lowest BCUT2D eigenvalue weighted by atomic mass is 10.1. The van der Waals surface area contributed by atoms with E-state index in [-0.39, 0.29) is 0 Å². The molecule has 1 aromatic rings. The van der Waals surface area contributed by atoms with Crippen molar-refractivity contribution in [3.8, 4) is 0 Å². The van der Waals surface area contributed by atoms with E-state index in [1.807, 2.05) is 64.3 Å². The second kappa shape index (κ2) is 10.2. The zero-order chi connectivity index (χ0) is 13.8. The number of nitrogens with one attached hydrogen (secondary N) is 1. The van der Waals surface area contributed by atoms with Gasteiger partial charge in [-0.25, -0.2) is 0 Å². The molecule has 0 aromatic heterocycles. The van der Waals surface area contributed by atoms with Gasteiger partial charge < -0.3 is 11.1 Å². The van der Waals surface area contributed by atoms with E-state index in [0.717, 1.165) is 16.8 Å². The maximum absolute atomic E-state index is 5.49. The fourth-order valence-electron chi connectivity index (χ4n) is 1.31. The number of nitrogens with two attached hydrogens (primary N) is 1. The summed E-state index contributed by atoms with van der Waals surface area (Å²) in [6.07, 6.45) is 9.57. The third kappa shape index (κ3) is 5.94. The maximum atomic E-state index is 5.49. The summed E-state index contributed by atoms with van der Waals surface area (Å²) >= 11 is 0. The molecule has 2 nitrogen and oxygen atoms in total. The van der Waals surface area contributed by atoms with Crippen LogP contribution < -0.4 is 11.1 Å². The van der Waals surface area contributed by atoms with Gasteiger partial charge in [0.15, 0.2) is 0 Å². The summed E-state index contributed by atoms with van der Waals surface area (Å²) in [6, 6.07) is 8.21. The first-order valence-electron chi connectivity index (χ1n) is 6.30. The van der Waals surface area contributed by atoms with Gasteiger partial charge in [-0.2, -0.15) is 0 Å². The van der Waals surface area contributed by atoms with Gasteiger partial charge in [0.2, 0.25) is 0 Å². The van der Waals surface area contributed by atoms with Crippen LogP contribution in [-0.2, 0) is 0 Å². The molecular weight excluding hydrogens is 220 g/mol. The third-order valence-corrected chi connectivity index (χ3v) is 2.22. The summed E-state index contributed by atoms with van der Waals surface area (Å²) in [5.74, 6) is 0. The molecule has 0 aliphatic heterocycles. The van der Waals surface area contributed by atoms with Crippen LogP contribution in [0.15, 0.2) is 54.3 Å². The van der Waals surface area contributed by atoms with E-state index in [1.165, 1.54) is 0 Å². The highest BCUT2D eigenvalue weighted by Crippen LogP contribution is 2.11. The quantitative estimate of drug-likeness (QED) is 0.779. The lowest BCUT2D eigenvalue weighted by Crippen LogP contribution is -1.86. The lowest BCUT2D eigenvalue weighted by Gasteiger charge is -1.99. The van der Waals surface area contributed by atoms with Gasteiger partial charge >= 0.3 is 0 Å². The van der Waals surface area contributed by atoms with Crippen LogP contribution in [-0.4, -0.2) is 7.05 Å². The minimum atomic E-state index is 1.00. The lowest BCUT2D eigenvalue weighted by molar-refractivity contribution is 1.50. The van der Waals surface area contributed by atoms with Crippen LogP contribution >= 0.6 is 0 Å². The van der Waals surface area contributed by atoms with Crippen LogP contribution in [0.1, 0.15) is 26.3 Å². The summed E-state index contributed by atoms with van der Waals surface area (Å²) in [5, 5.41) is 3.08. The monoisotopic (exact) mass is 244 g/mol. The second-order valence-corrected chi connectivity index (χ2v) is 3.37. The van der Waals surface area contributed by atoms with Gasteiger partial charge in [-0.1, -0.05) is 50.3 Å². The van der Waals surface area contributed by atoms with Crippen molar-refractivity contribution in [1.82, 2.24) is 0 Å². The van der Waals surface area contributed by atoms with Crippen LogP contribution in [0.2, 0.25) is 0 Å². The number of rotatable bonds is 4. The van der Waals surface area contributed by atoms with Gasteiger partial charge in [0.05, 0.1) is 0 Å². The molecule has 0 radical (unpaired) electrons. The van der Waals surface area contributed by atoms with Crippen LogP contribution in [0.3, 0.4) is 0 Å². The highest BCUT2D eigenvalue weighted by molar-refractivity contribution is 5.57. The zero-order valence-electron chi connectivity index (χ0n) is 11.8. The molecule has 0 spiro atoms. The van der Waals surface area contributed by atoms with Gasteiger partial charge in [0, 0.05) is 18.9 Å². The van der Waals surface area contributed by atoms with Gasteiger partial charge in [0.25, 0.3) is 0 Å². The number of hydrogen-bond acceptors (Lipinski definition) is 2. The van der Waals surface area contributed by atoms with Gasteiger partial charge in [-0.05, 0) is 30.2 Å². The van der Waals surface area contributed by atoms with E-state index in [9.17, 15) is 0 Å². The summed E-state index contributed by atoms with van der Waals surface area (Å²) < 4.78 is 0. The molecule has 0 saturated heterocycles. The summed E-state index contributed by atoms with van der Waals surface area (Å²) in [6.45, 7) is 5.97. The van der Waals surface area contributed by atoms with E-state index in [0.29, 0.717) is 0 Å². The van der Waals surface area contributed by atoms with E-state index >= 15 is 0 Å². The summed E-state index contributed by atoms with van der Waals surface area (Å²) in [5.41, 5.74) is 8.76. The van der Waals surface area contributed by atoms with Crippen molar-refractivity contribution in [1.29, 1.82) is 0 Å². The van der Waals surface area contributed by atoms with E-state index in [1.54, 1.807) is 6.20 Å². The van der Waals surface area contributed by atoms with E-state index in [2.05, 4.69) is 17.4 Å². The van der Waals surface area contributed by atoms with Crippen LogP contribution in [0.5, 0.6) is 0 Å². The highest BCUT2D eigenvalue weighted by Gasteiger charge is 1.89. The van der Waals surface area contributed by atoms with Crippen LogP contribution in [0.4, 0.5) is 5.69 Å². The fourth-order valence-corrected chi connectivity index (χ4v) is 1.31. The predicted molar refractivity (Wildman–Crippen MR) is 83.5 cm³/mol. The molecule has 0 saturated carbocycles. The molecule has 0 amide bonds. The molecule has 1 aromatic carbocycles. The zero-order valence-corrected chi connectivity index (χ0v) is 11.8. The Morgan fingerprint density at radius 1 is 1.11 bits per heavy atom. The van der Waals surface area contributed by atoms with Crippen LogP contribution in [0, 0.1) is 0 Å². The molecule has 0 unspecified atom stereocenters. The number of allylic oxidation sites excluding steroid dienone is 4. The highest BCUT2D eigenvalue weighted by atomic mass is 14.8. The molecule has 1 rings (SSSR count). The Hall–Kier alpha value is -1.96. The van der Waals surface area contributed by atoms with Crippen molar-refractivity contribution in [3.63, 3.8) is 0 Å². The number of hydrogen-bond donors (Lipinski definition) is 2. The van der Waals surface area contributed by atoms with Gasteiger partial charge in [-0.3, -0.25) is 0 Å². The molecule has 0 bridgehead atoms. The fraction of sp³-hybridized carbons (Fsp3) is 0.250. The Morgan fingerprint density at radius 2 is 1.72 bits per heavy atom. The Morgan fingerprint density at radius 3 is 2.17 bits per heavy atom. The summed E-state index contributed by atoms with van der Waals surface area (Å²) in [4.78, 5) is 0. The molecule has 98 valence electrons. The molecule has 0 aliphatic carbocycles. The molecule has 2 heteroatoms. The van der Waals surface area contributed by atoms with Crippen molar-refractivity contribution in [3.05, 3.63) is 59.8 Å². The van der Waals surface area contributed by atoms with Crippen LogP contribution in [0.25, 0.3) is 6.08 Å². The Labute approximate surface area is 111 Å². The smallest absolute Gasteiger partial charge is 0.0337 e. The van der Waals surface area contributed by atoms with E-state index in [4.69, 9.17) is 5.73 Å². The number of benzene rings is 1. The van der Waals surface area contributed by atoms with Crippen molar-refractivity contribution in [2.75, 3.05) is 12.4 Å². The molecule has 0 atom stereocenters. The predicted octanol–water partition coefficient (Wildman–Crippen LogP) is 4.19. The topological polar surface area (TPSA) is 38.0 Å². The van der Waals surface area contributed by atoms with Gasteiger partial charge in [0.1, 0.15) is 0 Å². The first-order valence-corrected chi connectivity index (χ1v) is 6.30. The normalized spacial score (nSPS) is 11.4. The minimum Gasteiger partial charge on any atom is -0.404 e. The standard InChI is InChI=1S/C14H18N2.C2H6/c1-3-4-13(11-15)6-5-12-7-9-14(16-2)10-8-12;1-2/h3-11,16H,15H2,1-2H3;1-2H3/b4-3-,6-5+,13-11+;. The molecule has 3 N–H and O–H groups in total. The second-order valence-electron chi connectivity index (χ2n) is 3.37. The Kier molecular flexibility index (Phi) is 9.10. The average molecular weight is 244 g/mol.